The lowest BCUT2D eigenvalue weighted by Crippen LogP contribution is -2.27. The third-order valence-corrected chi connectivity index (χ3v) is 3.91. The zero-order valence-electron chi connectivity index (χ0n) is 16.4. The fourth-order valence-corrected chi connectivity index (χ4v) is 2.70. The molecule has 0 aliphatic rings. The number of methoxy groups -OCH3 is 1. The number of nitrogens with zero attached hydrogens (tertiary/aromatic N) is 3. The summed E-state index contributed by atoms with van der Waals surface area (Å²) in [5.41, 5.74) is 2.52. The van der Waals surface area contributed by atoms with E-state index in [0.29, 0.717) is 11.2 Å². The van der Waals surface area contributed by atoms with Crippen LogP contribution in [0, 0.1) is 6.92 Å². The Kier molecular flexibility index (Phi) is 5.04. The number of nitrogens with one attached hydrogen (secondary N) is 1. The molecule has 146 valence electrons. The molecule has 0 aliphatic heterocycles. The second-order valence-electron chi connectivity index (χ2n) is 7.29. The van der Waals surface area contributed by atoms with Crippen molar-refractivity contribution in [3.63, 3.8) is 0 Å². The zero-order valence-corrected chi connectivity index (χ0v) is 16.4. The summed E-state index contributed by atoms with van der Waals surface area (Å²) in [7, 11) is 1.32. The van der Waals surface area contributed by atoms with Crippen molar-refractivity contribution < 1.29 is 19.1 Å². The molecule has 0 radical (unpaired) electrons. The molecule has 0 saturated heterocycles. The van der Waals surface area contributed by atoms with Gasteiger partial charge >= 0.3 is 12.1 Å². The van der Waals surface area contributed by atoms with E-state index < -0.39 is 17.7 Å². The number of carbonyl (C=O) groups is 2. The van der Waals surface area contributed by atoms with Gasteiger partial charge < -0.3 is 9.47 Å². The van der Waals surface area contributed by atoms with Crippen LogP contribution in [0.25, 0.3) is 16.6 Å². The third kappa shape index (κ3) is 4.11. The Balaban J connectivity index is 1.94. The van der Waals surface area contributed by atoms with Crippen LogP contribution in [-0.4, -0.2) is 39.5 Å². The summed E-state index contributed by atoms with van der Waals surface area (Å²) in [5, 5.41) is 7.79. The quantitative estimate of drug-likeness (QED) is 0.691. The number of aromatic nitrogens is 3. The number of rotatable bonds is 3. The van der Waals surface area contributed by atoms with Crippen LogP contribution in [0.3, 0.4) is 0 Å². The van der Waals surface area contributed by atoms with Gasteiger partial charge in [-0.15, -0.1) is 0 Å². The molecule has 2 aromatic heterocycles. The van der Waals surface area contributed by atoms with Crippen LogP contribution in [0.15, 0.2) is 36.7 Å². The van der Waals surface area contributed by atoms with Crippen LogP contribution in [0.5, 0.6) is 0 Å². The average Bonchev–Trinajstić information content (AvgIpc) is 3.07. The number of hydrogen-bond donors (Lipinski definition) is 1. The third-order valence-electron chi connectivity index (χ3n) is 3.91. The van der Waals surface area contributed by atoms with E-state index in [2.05, 4.69) is 15.4 Å². The number of hydrogen-bond acceptors (Lipinski definition) is 6. The van der Waals surface area contributed by atoms with E-state index in [-0.39, 0.29) is 5.69 Å². The topological polar surface area (TPSA) is 95.3 Å². The highest BCUT2D eigenvalue weighted by Crippen LogP contribution is 2.25. The lowest BCUT2D eigenvalue weighted by molar-refractivity contribution is 0.0592. The highest BCUT2D eigenvalue weighted by Gasteiger charge is 2.17. The lowest BCUT2D eigenvalue weighted by atomic mass is 10.1. The molecular weight excluding hydrogens is 360 g/mol. The number of aryl methyl sites for hydroxylation is 1. The second-order valence-corrected chi connectivity index (χ2v) is 7.29. The summed E-state index contributed by atoms with van der Waals surface area (Å²) in [6.45, 7) is 7.30. The van der Waals surface area contributed by atoms with Crippen molar-refractivity contribution in [3.05, 3.63) is 47.9 Å². The largest absolute Gasteiger partial charge is 0.464 e. The summed E-state index contributed by atoms with van der Waals surface area (Å²) in [6.07, 6.45) is 2.67. The van der Waals surface area contributed by atoms with E-state index >= 15 is 0 Å². The Morgan fingerprint density at radius 2 is 1.89 bits per heavy atom. The Morgan fingerprint density at radius 3 is 2.57 bits per heavy atom. The summed E-state index contributed by atoms with van der Waals surface area (Å²) in [6, 6.07) is 7.22. The Bertz CT molecular complexity index is 1050. The van der Waals surface area contributed by atoms with Gasteiger partial charge in [0.2, 0.25) is 0 Å². The monoisotopic (exact) mass is 382 g/mol. The molecule has 3 rings (SSSR count). The van der Waals surface area contributed by atoms with E-state index in [0.717, 1.165) is 16.6 Å². The molecular formula is C20H22N4O4. The van der Waals surface area contributed by atoms with Gasteiger partial charge in [0.1, 0.15) is 11.3 Å². The molecule has 0 unspecified atom stereocenters. The zero-order chi connectivity index (χ0) is 20.5. The van der Waals surface area contributed by atoms with Crippen molar-refractivity contribution in [2.45, 2.75) is 33.3 Å². The van der Waals surface area contributed by atoms with Crippen molar-refractivity contribution >= 4 is 28.7 Å². The van der Waals surface area contributed by atoms with Crippen molar-refractivity contribution in [1.29, 1.82) is 0 Å². The first-order valence-electron chi connectivity index (χ1n) is 8.71. The second kappa shape index (κ2) is 7.30. The minimum atomic E-state index is -0.587. The van der Waals surface area contributed by atoms with Gasteiger partial charge in [0, 0.05) is 5.39 Å². The number of benzene rings is 1. The van der Waals surface area contributed by atoms with E-state index in [1.165, 1.54) is 13.3 Å². The van der Waals surface area contributed by atoms with Gasteiger partial charge in [-0.05, 0) is 51.5 Å². The molecule has 3 aromatic rings. The molecule has 0 aliphatic carbocycles. The fraction of sp³-hybridized carbons (Fsp3) is 0.300. The number of ether oxygens (including phenoxy) is 2. The van der Waals surface area contributed by atoms with E-state index in [1.54, 1.807) is 43.8 Å². The van der Waals surface area contributed by atoms with Crippen molar-refractivity contribution in [2.75, 3.05) is 12.4 Å². The van der Waals surface area contributed by atoms with Gasteiger partial charge in [0.15, 0.2) is 0 Å². The number of esters is 1. The van der Waals surface area contributed by atoms with Crippen LogP contribution < -0.4 is 5.32 Å². The molecule has 28 heavy (non-hydrogen) atoms. The molecule has 1 aromatic carbocycles. The standard InChI is InChI=1S/C20H22N4O4/c1-12-6-9-16(14-7-8-15(18(25)27-5)23-17(12)14)24-11-13(10-21-24)22-19(26)28-20(2,3)4/h6-11H,1-5H3,(H,22,26). The minimum absolute atomic E-state index is 0.239. The molecule has 1 amide bonds. The molecule has 0 saturated carbocycles. The number of fused-ring (bicyclic) bond motifs is 1. The van der Waals surface area contributed by atoms with E-state index in [1.807, 2.05) is 19.1 Å². The molecule has 0 spiro atoms. The van der Waals surface area contributed by atoms with E-state index in [4.69, 9.17) is 9.47 Å². The molecule has 0 atom stereocenters. The van der Waals surface area contributed by atoms with Crippen LogP contribution >= 0.6 is 0 Å². The summed E-state index contributed by atoms with van der Waals surface area (Å²) >= 11 is 0. The molecule has 0 fully saturated rings. The predicted octanol–water partition coefficient (Wildman–Crippen LogP) is 3.86. The predicted molar refractivity (Wildman–Crippen MR) is 105 cm³/mol. The van der Waals surface area contributed by atoms with Gasteiger partial charge in [-0.25, -0.2) is 19.3 Å². The maximum Gasteiger partial charge on any atom is 0.412 e. The highest BCUT2D eigenvalue weighted by molar-refractivity contribution is 5.95. The molecule has 0 bridgehead atoms. The molecule has 8 heteroatoms. The van der Waals surface area contributed by atoms with Crippen molar-refractivity contribution in [3.8, 4) is 5.69 Å². The first kappa shape index (κ1) is 19.3. The van der Waals surface area contributed by atoms with Gasteiger partial charge in [-0.2, -0.15) is 5.10 Å². The van der Waals surface area contributed by atoms with E-state index in [9.17, 15) is 9.59 Å². The fourth-order valence-electron chi connectivity index (χ4n) is 2.70. The maximum atomic E-state index is 11.9. The first-order chi connectivity index (χ1) is 13.2. The smallest absolute Gasteiger partial charge is 0.412 e. The minimum Gasteiger partial charge on any atom is -0.464 e. The number of carbonyl (C=O) groups excluding carboxylic acids is 2. The SMILES string of the molecule is COC(=O)c1ccc2c(-n3cc(NC(=O)OC(C)(C)C)cn3)ccc(C)c2n1. The Hall–Kier alpha value is -3.42. The van der Waals surface area contributed by atoms with Crippen LogP contribution in [0.1, 0.15) is 36.8 Å². The summed E-state index contributed by atoms with van der Waals surface area (Å²) < 4.78 is 11.6. The summed E-state index contributed by atoms with van der Waals surface area (Å²) in [4.78, 5) is 28.1. The molecule has 1 N–H and O–H groups in total. The Morgan fingerprint density at radius 1 is 1.14 bits per heavy atom. The van der Waals surface area contributed by atoms with Crippen LogP contribution in [0.2, 0.25) is 0 Å². The van der Waals surface area contributed by atoms with Gasteiger partial charge in [0.05, 0.1) is 36.4 Å². The maximum absolute atomic E-state index is 11.9. The van der Waals surface area contributed by atoms with Gasteiger partial charge in [0.25, 0.3) is 0 Å². The number of pyridine rings is 1. The first-order valence-corrected chi connectivity index (χ1v) is 8.71. The van der Waals surface area contributed by atoms with Gasteiger partial charge in [-0.3, -0.25) is 5.32 Å². The van der Waals surface area contributed by atoms with Crippen molar-refractivity contribution in [2.24, 2.45) is 0 Å². The van der Waals surface area contributed by atoms with Crippen LogP contribution in [0.4, 0.5) is 10.5 Å². The summed E-state index contributed by atoms with van der Waals surface area (Å²) in [5.74, 6) is -0.491. The normalized spacial score (nSPS) is 11.3. The lowest BCUT2D eigenvalue weighted by Gasteiger charge is -2.19. The highest BCUT2D eigenvalue weighted by atomic mass is 16.6. The molecule has 8 nitrogen and oxygen atoms in total. The number of anilines is 1. The average molecular weight is 382 g/mol. The van der Waals surface area contributed by atoms with Crippen molar-refractivity contribution in [1.82, 2.24) is 14.8 Å². The van der Waals surface area contributed by atoms with Crippen LogP contribution in [-0.2, 0) is 9.47 Å². The Labute approximate surface area is 162 Å². The molecule has 2 heterocycles. The van der Waals surface area contributed by atoms with Gasteiger partial charge in [-0.1, -0.05) is 6.07 Å². The number of amides is 1.